The van der Waals surface area contributed by atoms with E-state index < -0.39 is 12.2 Å². The SMILES string of the molecule is Cc1cc(N)nc(C(O)C(O)CN)c1. The predicted octanol–water partition coefficient (Wildman–Crippen LogP) is -0.675. The molecular weight excluding hydrogens is 182 g/mol. The minimum Gasteiger partial charge on any atom is -0.389 e. The van der Waals surface area contributed by atoms with Crippen molar-refractivity contribution in [1.29, 1.82) is 0 Å². The molecule has 0 aliphatic carbocycles. The van der Waals surface area contributed by atoms with Gasteiger partial charge in [-0.05, 0) is 24.6 Å². The molecule has 2 atom stereocenters. The maximum absolute atomic E-state index is 9.59. The van der Waals surface area contributed by atoms with Crippen LogP contribution in [0.25, 0.3) is 0 Å². The summed E-state index contributed by atoms with van der Waals surface area (Å²) in [6.45, 7) is 1.82. The van der Waals surface area contributed by atoms with Crippen LogP contribution in [-0.2, 0) is 0 Å². The summed E-state index contributed by atoms with van der Waals surface area (Å²) in [7, 11) is 0. The maximum atomic E-state index is 9.59. The van der Waals surface area contributed by atoms with Crippen LogP contribution in [0.5, 0.6) is 0 Å². The molecule has 1 heterocycles. The van der Waals surface area contributed by atoms with Gasteiger partial charge in [-0.1, -0.05) is 0 Å². The van der Waals surface area contributed by atoms with Crippen LogP contribution in [0.1, 0.15) is 17.4 Å². The zero-order valence-corrected chi connectivity index (χ0v) is 8.01. The lowest BCUT2D eigenvalue weighted by molar-refractivity contribution is 0.0218. The number of hydrogen-bond donors (Lipinski definition) is 4. The number of rotatable bonds is 3. The number of aromatic nitrogens is 1. The number of nitrogens with two attached hydrogens (primary N) is 2. The summed E-state index contributed by atoms with van der Waals surface area (Å²) in [6.07, 6.45) is -2.09. The maximum Gasteiger partial charge on any atom is 0.123 e. The fourth-order valence-electron chi connectivity index (χ4n) is 1.20. The van der Waals surface area contributed by atoms with Crippen molar-refractivity contribution in [3.63, 3.8) is 0 Å². The molecule has 0 aliphatic heterocycles. The highest BCUT2D eigenvalue weighted by atomic mass is 16.3. The highest BCUT2D eigenvalue weighted by Gasteiger charge is 2.18. The summed E-state index contributed by atoms with van der Waals surface area (Å²) in [6, 6.07) is 3.35. The van der Waals surface area contributed by atoms with Gasteiger partial charge < -0.3 is 21.7 Å². The molecule has 0 radical (unpaired) electrons. The van der Waals surface area contributed by atoms with E-state index in [1.165, 1.54) is 0 Å². The zero-order valence-electron chi connectivity index (χ0n) is 8.01. The van der Waals surface area contributed by atoms with Gasteiger partial charge in [0.15, 0.2) is 0 Å². The van der Waals surface area contributed by atoms with Crippen LogP contribution in [0.2, 0.25) is 0 Å². The Morgan fingerprint density at radius 1 is 1.43 bits per heavy atom. The second-order valence-corrected chi connectivity index (χ2v) is 3.24. The minimum absolute atomic E-state index is 0.0172. The van der Waals surface area contributed by atoms with Crippen molar-refractivity contribution in [3.05, 3.63) is 23.4 Å². The van der Waals surface area contributed by atoms with E-state index in [1.54, 1.807) is 12.1 Å². The highest BCUT2D eigenvalue weighted by Crippen LogP contribution is 2.17. The Kier molecular flexibility index (Phi) is 3.40. The monoisotopic (exact) mass is 197 g/mol. The second-order valence-electron chi connectivity index (χ2n) is 3.24. The molecule has 0 bridgehead atoms. The average Bonchev–Trinajstić information content (AvgIpc) is 2.14. The zero-order chi connectivity index (χ0) is 10.7. The summed E-state index contributed by atoms with van der Waals surface area (Å²) in [5, 5.41) is 18.9. The van der Waals surface area contributed by atoms with Gasteiger partial charge in [-0.25, -0.2) is 4.98 Å². The molecule has 0 aliphatic rings. The van der Waals surface area contributed by atoms with Crippen LogP contribution < -0.4 is 11.5 Å². The fourth-order valence-corrected chi connectivity index (χ4v) is 1.20. The molecule has 0 fully saturated rings. The molecule has 0 saturated carbocycles. The Morgan fingerprint density at radius 2 is 2.07 bits per heavy atom. The molecule has 5 nitrogen and oxygen atoms in total. The average molecular weight is 197 g/mol. The van der Waals surface area contributed by atoms with Crippen LogP contribution in [0.15, 0.2) is 12.1 Å². The Labute approximate surface area is 82.4 Å². The van der Waals surface area contributed by atoms with E-state index in [0.717, 1.165) is 5.56 Å². The molecule has 14 heavy (non-hydrogen) atoms. The largest absolute Gasteiger partial charge is 0.389 e. The third-order valence-corrected chi connectivity index (χ3v) is 1.92. The van der Waals surface area contributed by atoms with Crippen molar-refractivity contribution >= 4 is 5.82 Å². The quantitative estimate of drug-likeness (QED) is 0.514. The molecule has 6 N–H and O–H groups in total. The topological polar surface area (TPSA) is 105 Å². The third-order valence-electron chi connectivity index (χ3n) is 1.92. The Morgan fingerprint density at radius 3 is 2.57 bits per heavy atom. The molecule has 0 saturated heterocycles. The van der Waals surface area contributed by atoms with Gasteiger partial charge in [0.05, 0.1) is 11.8 Å². The van der Waals surface area contributed by atoms with Crippen molar-refractivity contribution < 1.29 is 10.2 Å². The molecular formula is C9H15N3O2. The Balaban J connectivity index is 2.94. The van der Waals surface area contributed by atoms with Crippen LogP contribution >= 0.6 is 0 Å². The standard InChI is InChI=1S/C9H15N3O2/c1-5-2-6(12-8(11)3-5)9(14)7(13)4-10/h2-3,7,9,13-14H,4,10H2,1H3,(H2,11,12). The molecule has 0 amide bonds. The van der Waals surface area contributed by atoms with E-state index in [9.17, 15) is 10.2 Å². The van der Waals surface area contributed by atoms with Crippen LogP contribution in [0, 0.1) is 6.92 Å². The third kappa shape index (κ3) is 2.41. The molecule has 78 valence electrons. The Hall–Kier alpha value is -1.17. The van der Waals surface area contributed by atoms with Crippen molar-refractivity contribution in [3.8, 4) is 0 Å². The van der Waals surface area contributed by atoms with Gasteiger partial charge in [0.2, 0.25) is 0 Å². The number of nitrogen functional groups attached to an aromatic ring is 1. The van der Waals surface area contributed by atoms with E-state index in [1.807, 2.05) is 6.92 Å². The van der Waals surface area contributed by atoms with E-state index in [4.69, 9.17) is 11.5 Å². The van der Waals surface area contributed by atoms with Gasteiger partial charge >= 0.3 is 0 Å². The predicted molar refractivity (Wildman–Crippen MR) is 53.4 cm³/mol. The van der Waals surface area contributed by atoms with E-state index >= 15 is 0 Å². The summed E-state index contributed by atoms with van der Waals surface area (Å²) < 4.78 is 0. The fraction of sp³-hybridized carbons (Fsp3) is 0.444. The summed E-state index contributed by atoms with van der Waals surface area (Å²) in [4.78, 5) is 3.92. The highest BCUT2D eigenvalue weighted by molar-refractivity contribution is 5.35. The van der Waals surface area contributed by atoms with E-state index in [2.05, 4.69) is 4.98 Å². The molecule has 1 aromatic heterocycles. The van der Waals surface area contributed by atoms with Crippen molar-refractivity contribution in [2.75, 3.05) is 12.3 Å². The van der Waals surface area contributed by atoms with Crippen molar-refractivity contribution in [2.24, 2.45) is 5.73 Å². The van der Waals surface area contributed by atoms with Gasteiger partial charge in [0, 0.05) is 6.54 Å². The molecule has 1 rings (SSSR count). The number of aryl methyl sites for hydroxylation is 1. The van der Waals surface area contributed by atoms with Crippen LogP contribution in [0.3, 0.4) is 0 Å². The lowest BCUT2D eigenvalue weighted by Crippen LogP contribution is -2.27. The first-order chi connectivity index (χ1) is 6.54. The molecule has 5 heteroatoms. The number of nitrogens with zero attached hydrogens (tertiary/aromatic N) is 1. The van der Waals surface area contributed by atoms with Gasteiger partial charge in [-0.2, -0.15) is 0 Å². The number of hydrogen-bond acceptors (Lipinski definition) is 5. The molecule has 1 aromatic rings. The number of pyridine rings is 1. The molecule has 0 aromatic carbocycles. The molecule has 2 unspecified atom stereocenters. The van der Waals surface area contributed by atoms with E-state index in [-0.39, 0.29) is 6.54 Å². The number of aliphatic hydroxyl groups is 2. The summed E-state index contributed by atoms with van der Waals surface area (Å²) in [5.41, 5.74) is 12.0. The van der Waals surface area contributed by atoms with E-state index in [0.29, 0.717) is 11.5 Å². The van der Waals surface area contributed by atoms with Gasteiger partial charge in [0.25, 0.3) is 0 Å². The lowest BCUT2D eigenvalue weighted by atomic mass is 10.1. The first-order valence-corrected chi connectivity index (χ1v) is 4.35. The van der Waals surface area contributed by atoms with Crippen LogP contribution in [-0.4, -0.2) is 27.8 Å². The number of anilines is 1. The molecule has 0 spiro atoms. The van der Waals surface area contributed by atoms with Gasteiger partial charge in [0.1, 0.15) is 11.9 Å². The van der Waals surface area contributed by atoms with Crippen molar-refractivity contribution in [1.82, 2.24) is 4.98 Å². The minimum atomic E-state index is -1.08. The summed E-state index contributed by atoms with van der Waals surface area (Å²) >= 11 is 0. The Bertz CT molecular complexity index is 297. The van der Waals surface area contributed by atoms with Gasteiger partial charge in [-0.15, -0.1) is 0 Å². The van der Waals surface area contributed by atoms with Crippen molar-refractivity contribution in [2.45, 2.75) is 19.1 Å². The summed E-state index contributed by atoms with van der Waals surface area (Å²) in [5.74, 6) is 0.322. The number of aliphatic hydroxyl groups excluding tert-OH is 2. The lowest BCUT2D eigenvalue weighted by Gasteiger charge is -2.16. The normalized spacial score (nSPS) is 15.1. The first-order valence-electron chi connectivity index (χ1n) is 4.35. The smallest absolute Gasteiger partial charge is 0.123 e. The second kappa shape index (κ2) is 4.36. The van der Waals surface area contributed by atoms with Crippen LogP contribution in [0.4, 0.5) is 5.82 Å². The first kappa shape index (κ1) is 10.9. The van der Waals surface area contributed by atoms with Gasteiger partial charge in [-0.3, -0.25) is 0 Å².